The maximum absolute atomic E-state index is 11.1. The van der Waals surface area contributed by atoms with Crippen molar-refractivity contribution in [1.29, 1.82) is 0 Å². The first-order chi connectivity index (χ1) is 8.99. The van der Waals surface area contributed by atoms with Gasteiger partial charge in [0.25, 0.3) is 10.0 Å². The van der Waals surface area contributed by atoms with E-state index in [1.165, 1.54) is 11.6 Å². The van der Waals surface area contributed by atoms with Gasteiger partial charge in [0, 0.05) is 5.69 Å². The zero-order chi connectivity index (χ0) is 13.9. The van der Waals surface area contributed by atoms with E-state index in [4.69, 9.17) is 9.56 Å². The molecule has 0 spiro atoms. The summed E-state index contributed by atoms with van der Waals surface area (Å²) in [6.45, 7) is 2.50. The largest absolute Gasteiger partial charge is 0.446 e. The molecular weight excluding hydrogens is 264 g/mol. The Morgan fingerprint density at radius 1 is 1.16 bits per heavy atom. The molecule has 0 atom stereocenters. The van der Waals surface area contributed by atoms with E-state index in [2.05, 4.69) is 12.2 Å². The van der Waals surface area contributed by atoms with Crippen LogP contribution in [0.2, 0.25) is 0 Å². The van der Waals surface area contributed by atoms with E-state index in [-0.39, 0.29) is 5.09 Å². The third-order valence-electron chi connectivity index (χ3n) is 2.75. The lowest BCUT2D eigenvalue weighted by Crippen LogP contribution is -2.10. The molecule has 0 bridgehead atoms. The van der Waals surface area contributed by atoms with Crippen molar-refractivity contribution in [3.05, 3.63) is 47.7 Å². The molecule has 0 fully saturated rings. The van der Waals surface area contributed by atoms with Gasteiger partial charge in [0.05, 0.1) is 6.54 Å². The van der Waals surface area contributed by atoms with Gasteiger partial charge in [-0.3, -0.25) is 0 Å². The van der Waals surface area contributed by atoms with Gasteiger partial charge in [0.1, 0.15) is 5.76 Å². The predicted molar refractivity (Wildman–Crippen MR) is 73.2 cm³/mol. The van der Waals surface area contributed by atoms with Gasteiger partial charge in [-0.1, -0.05) is 19.1 Å². The Hall–Kier alpha value is -1.79. The van der Waals surface area contributed by atoms with Crippen LogP contribution in [-0.2, 0) is 23.0 Å². The summed E-state index contributed by atoms with van der Waals surface area (Å²) in [5, 5.41) is 7.90. The van der Waals surface area contributed by atoms with Crippen LogP contribution < -0.4 is 10.5 Å². The maximum atomic E-state index is 11.1. The number of sulfonamides is 1. The third kappa shape index (κ3) is 3.59. The zero-order valence-electron chi connectivity index (χ0n) is 10.6. The molecule has 6 heteroatoms. The quantitative estimate of drug-likeness (QED) is 0.878. The highest BCUT2D eigenvalue weighted by molar-refractivity contribution is 7.89. The number of benzene rings is 1. The Labute approximate surface area is 112 Å². The van der Waals surface area contributed by atoms with Crippen molar-refractivity contribution in [3.8, 4) is 0 Å². The smallest absolute Gasteiger partial charge is 0.271 e. The van der Waals surface area contributed by atoms with Gasteiger partial charge in [0.15, 0.2) is 0 Å². The molecule has 0 radical (unpaired) electrons. The van der Waals surface area contributed by atoms with Crippen molar-refractivity contribution in [2.24, 2.45) is 5.14 Å². The van der Waals surface area contributed by atoms with Crippen molar-refractivity contribution in [2.45, 2.75) is 25.0 Å². The molecule has 0 unspecified atom stereocenters. The molecule has 0 saturated heterocycles. The van der Waals surface area contributed by atoms with E-state index in [0.29, 0.717) is 12.3 Å². The molecule has 19 heavy (non-hydrogen) atoms. The average Bonchev–Trinajstić information content (AvgIpc) is 2.86. The third-order valence-corrected chi connectivity index (χ3v) is 3.53. The molecule has 3 N–H and O–H groups in total. The summed E-state index contributed by atoms with van der Waals surface area (Å²) >= 11 is 0. The standard InChI is InChI=1S/C13H16N2O3S/c1-2-10-3-5-11(6-4-10)15-9-12-7-8-13(18-12)19(14,16)17/h3-8,15H,2,9H2,1H3,(H2,14,16,17). The molecule has 1 heterocycles. The second kappa shape index (κ2) is 5.46. The van der Waals surface area contributed by atoms with E-state index < -0.39 is 10.0 Å². The van der Waals surface area contributed by atoms with Crippen LogP contribution in [0.15, 0.2) is 45.9 Å². The van der Waals surface area contributed by atoms with Crippen LogP contribution >= 0.6 is 0 Å². The number of hydrogen-bond donors (Lipinski definition) is 2. The fourth-order valence-electron chi connectivity index (χ4n) is 1.65. The second-order valence-electron chi connectivity index (χ2n) is 4.17. The zero-order valence-corrected chi connectivity index (χ0v) is 11.4. The minimum atomic E-state index is -3.77. The lowest BCUT2D eigenvalue weighted by molar-refractivity contribution is 0.419. The summed E-state index contributed by atoms with van der Waals surface area (Å²) in [6.07, 6.45) is 0.996. The fourth-order valence-corrected chi connectivity index (χ4v) is 2.13. The maximum Gasteiger partial charge on any atom is 0.271 e. The lowest BCUT2D eigenvalue weighted by Gasteiger charge is -2.05. The number of anilines is 1. The normalized spacial score (nSPS) is 11.5. The Morgan fingerprint density at radius 2 is 1.84 bits per heavy atom. The van der Waals surface area contributed by atoms with Gasteiger partial charge in [-0.25, -0.2) is 13.6 Å². The van der Waals surface area contributed by atoms with Crippen LogP contribution in [0.25, 0.3) is 0 Å². The fraction of sp³-hybridized carbons (Fsp3) is 0.231. The van der Waals surface area contributed by atoms with Crippen LogP contribution in [0.4, 0.5) is 5.69 Å². The molecule has 1 aromatic carbocycles. The van der Waals surface area contributed by atoms with E-state index in [0.717, 1.165) is 12.1 Å². The van der Waals surface area contributed by atoms with Crippen LogP contribution in [0, 0.1) is 0 Å². The highest BCUT2D eigenvalue weighted by Gasteiger charge is 2.12. The first-order valence-corrected chi connectivity index (χ1v) is 7.48. The molecule has 0 aliphatic rings. The van der Waals surface area contributed by atoms with Gasteiger partial charge in [-0.2, -0.15) is 0 Å². The molecule has 0 aliphatic carbocycles. The minimum Gasteiger partial charge on any atom is -0.446 e. The van der Waals surface area contributed by atoms with Gasteiger partial charge >= 0.3 is 0 Å². The molecule has 2 rings (SSSR count). The van der Waals surface area contributed by atoms with Gasteiger partial charge < -0.3 is 9.73 Å². The number of nitrogens with one attached hydrogen (secondary N) is 1. The molecule has 0 amide bonds. The Bertz CT molecular complexity index is 645. The first kappa shape index (κ1) is 13.6. The molecule has 5 nitrogen and oxygen atoms in total. The van der Waals surface area contributed by atoms with E-state index in [1.807, 2.05) is 24.3 Å². The summed E-state index contributed by atoms with van der Waals surface area (Å²) < 4.78 is 27.2. The minimum absolute atomic E-state index is 0.217. The van der Waals surface area contributed by atoms with Crippen molar-refractivity contribution < 1.29 is 12.8 Å². The number of furan rings is 1. The number of nitrogens with two attached hydrogens (primary N) is 1. The van der Waals surface area contributed by atoms with Gasteiger partial charge in [-0.05, 0) is 36.2 Å². The Balaban J connectivity index is 2.00. The monoisotopic (exact) mass is 280 g/mol. The van der Waals surface area contributed by atoms with Crippen LogP contribution in [-0.4, -0.2) is 8.42 Å². The van der Waals surface area contributed by atoms with E-state index in [9.17, 15) is 8.42 Å². The molecule has 0 saturated carbocycles. The van der Waals surface area contributed by atoms with Crippen molar-refractivity contribution in [1.82, 2.24) is 0 Å². The summed E-state index contributed by atoms with van der Waals surface area (Å²) in [5.41, 5.74) is 2.21. The highest BCUT2D eigenvalue weighted by Crippen LogP contribution is 2.15. The van der Waals surface area contributed by atoms with Crippen LogP contribution in [0.1, 0.15) is 18.2 Å². The highest BCUT2D eigenvalue weighted by atomic mass is 32.2. The average molecular weight is 280 g/mol. The number of rotatable bonds is 5. The predicted octanol–water partition coefficient (Wildman–Crippen LogP) is 2.10. The van der Waals surface area contributed by atoms with Crippen molar-refractivity contribution >= 4 is 15.7 Å². The Kier molecular flexibility index (Phi) is 3.92. The van der Waals surface area contributed by atoms with E-state index in [1.54, 1.807) is 6.07 Å². The van der Waals surface area contributed by atoms with Crippen LogP contribution in [0.3, 0.4) is 0 Å². The molecule has 1 aromatic heterocycles. The topological polar surface area (TPSA) is 85.3 Å². The lowest BCUT2D eigenvalue weighted by atomic mass is 10.1. The summed E-state index contributed by atoms with van der Waals surface area (Å²) in [6, 6.07) is 11.0. The Morgan fingerprint density at radius 3 is 2.37 bits per heavy atom. The first-order valence-electron chi connectivity index (χ1n) is 5.93. The number of primary sulfonamides is 1. The summed E-state index contributed by atoms with van der Waals surface area (Å²) in [5.74, 6) is 0.517. The van der Waals surface area contributed by atoms with E-state index >= 15 is 0 Å². The summed E-state index contributed by atoms with van der Waals surface area (Å²) in [7, 11) is -3.77. The van der Waals surface area contributed by atoms with Crippen molar-refractivity contribution in [3.63, 3.8) is 0 Å². The summed E-state index contributed by atoms with van der Waals surface area (Å²) in [4.78, 5) is 0. The molecule has 0 aliphatic heterocycles. The molecular formula is C13H16N2O3S. The second-order valence-corrected chi connectivity index (χ2v) is 5.66. The molecule has 2 aromatic rings. The number of aryl methyl sites for hydroxylation is 1. The van der Waals surface area contributed by atoms with Crippen LogP contribution in [0.5, 0.6) is 0 Å². The SMILES string of the molecule is CCc1ccc(NCc2ccc(S(N)(=O)=O)o2)cc1. The molecule has 102 valence electrons. The number of hydrogen-bond acceptors (Lipinski definition) is 4. The van der Waals surface area contributed by atoms with Crippen molar-refractivity contribution in [2.75, 3.05) is 5.32 Å². The van der Waals surface area contributed by atoms with Gasteiger partial charge in [0.2, 0.25) is 5.09 Å². The van der Waals surface area contributed by atoms with Gasteiger partial charge in [-0.15, -0.1) is 0 Å².